The van der Waals surface area contributed by atoms with Gasteiger partial charge >= 0.3 is 0 Å². The summed E-state index contributed by atoms with van der Waals surface area (Å²) in [4.78, 5) is 6.48. The van der Waals surface area contributed by atoms with Crippen molar-refractivity contribution in [1.82, 2.24) is 14.5 Å². The SMILES string of the molecule is COc1ccc(CN2CCC[C@@](COc3ccccc3F)(OC)CC2)cc1OCCn1ccnc1. The van der Waals surface area contributed by atoms with E-state index in [1.807, 2.05) is 16.8 Å². The molecule has 1 aliphatic heterocycles. The number of ether oxygens (including phenoxy) is 4. The van der Waals surface area contributed by atoms with Crippen molar-refractivity contribution in [2.24, 2.45) is 0 Å². The molecule has 1 aliphatic rings. The number of methoxy groups -OCH3 is 2. The number of halogens is 1. The molecule has 0 bridgehead atoms. The van der Waals surface area contributed by atoms with Crippen molar-refractivity contribution >= 4 is 0 Å². The summed E-state index contributed by atoms with van der Waals surface area (Å²) in [5.41, 5.74) is 0.731. The standard InChI is InChI=1S/C27H34FN3O4/c1-32-25-9-8-22(18-26(25)34-17-16-31-15-12-29-21-31)19-30-13-5-10-27(33-2,11-14-30)20-35-24-7-4-3-6-23(24)28/h3-4,6-9,12,15,18,21H,5,10-11,13-14,16-17,19-20H2,1-2H3/t27-/m1/s1. The number of rotatable bonds is 11. The molecule has 2 aromatic carbocycles. The van der Waals surface area contributed by atoms with E-state index in [0.29, 0.717) is 19.8 Å². The fraction of sp³-hybridized carbons (Fsp3) is 0.444. The van der Waals surface area contributed by atoms with E-state index < -0.39 is 5.60 Å². The largest absolute Gasteiger partial charge is 0.493 e. The van der Waals surface area contributed by atoms with E-state index in [2.05, 4.69) is 22.0 Å². The van der Waals surface area contributed by atoms with Crippen molar-refractivity contribution < 1.29 is 23.3 Å². The Morgan fingerprint density at radius 1 is 1.00 bits per heavy atom. The minimum Gasteiger partial charge on any atom is -0.493 e. The van der Waals surface area contributed by atoms with Crippen LogP contribution in [0.3, 0.4) is 0 Å². The van der Waals surface area contributed by atoms with Gasteiger partial charge < -0.3 is 23.5 Å². The van der Waals surface area contributed by atoms with Crippen LogP contribution in [0.2, 0.25) is 0 Å². The fourth-order valence-corrected chi connectivity index (χ4v) is 4.43. The van der Waals surface area contributed by atoms with Crippen LogP contribution in [0.4, 0.5) is 4.39 Å². The molecule has 8 heteroatoms. The maximum Gasteiger partial charge on any atom is 0.165 e. The van der Waals surface area contributed by atoms with Crippen LogP contribution in [0.25, 0.3) is 0 Å². The predicted molar refractivity (Wildman–Crippen MR) is 131 cm³/mol. The summed E-state index contributed by atoms with van der Waals surface area (Å²) in [5, 5.41) is 0. The van der Waals surface area contributed by atoms with Crippen molar-refractivity contribution in [3.8, 4) is 17.2 Å². The second-order valence-electron chi connectivity index (χ2n) is 8.87. The number of aromatic nitrogens is 2. The summed E-state index contributed by atoms with van der Waals surface area (Å²) >= 11 is 0. The monoisotopic (exact) mass is 483 g/mol. The summed E-state index contributed by atoms with van der Waals surface area (Å²) in [6.45, 7) is 4.18. The number of likely N-dealkylation sites (tertiary alicyclic amines) is 1. The van der Waals surface area contributed by atoms with E-state index in [-0.39, 0.29) is 11.6 Å². The molecule has 7 nitrogen and oxygen atoms in total. The van der Waals surface area contributed by atoms with Gasteiger partial charge in [0.15, 0.2) is 23.1 Å². The lowest BCUT2D eigenvalue weighted by molar-refractivity contribution is -0.0548. The average molecular weight is 484 g/mol. The van der Waals surface area contributed by atoms with E-state index in [9.17, 15) is 4.39 Å². The quantitative estimate of drug-likeness (QED) is 0.399. The molecule has 1 fully saturated rings. The molecule has 1 atom stereocenters. The van der Waals surface area contributed by atoms with Crippen LogP contribution < -0.4 is 14.2 Å². The zero-order chi connectivity index (χ0) is 24.5. The molecule has 1 saturated heterocycles. The summed E-state index contributed by atoms with van der Waals surface area (Å²) in [6, 6.07) is 12.6. The number of hydrogen-bond acceptors (Lipinski definition) is 6. The zero-order valence-electron chi connectivity index (χ0n) is 20.5. The highest BCUT2D eigenvalue weighted by Crippen LogP contribution is 2.31. The van der Waals surface area contributed by atoms with Crippen LogP contribution in [0.5, 0.6) is 17.2 Å². The third-order valence-corrected chi connectivity index (χ3v) is 6.55. The lowest BCUT2D eigenvalue weighted by Gasteiger charge is -2.31. The van der Waals surface area contributed by atoms with Gasteiger partial charge in [0.25, 0.3) is 0 Å². The van der Waals surface area contributed by atoms with Gasteiger partial charge in [-0.1, -0.05) is 18.2 Å². The number of nitrogens with zero attached hydrogens (tertiary/aromatic N) is 3. The molecule has 2 heterocycles. The molecule has 0 spiro atoms. The number of para-hydroxylation sites is 1. The molecule has 0 unspecified atom stereocenters. The van der Waals surface area contributed by atoms with Crippen LogP contribution in [0.15, 0.2) is 61.2 Å². The first-order valence-corrected chi connectivity index (χ1v) is 12.0. The zero-order valence-corrected chi connectivity index (χ0v) is 20.5. The van der Waals surface area contributed by atoms with Gasteiger partial charge in [-0.3, -0.25) is 4.90 Å². The highest BCUT2D eigenvalue weighted by atomic mass is 19.1. The third-order valence-electron chi connectivity index (χ3n) is 6.55. The maximum atomic E-state index is 14.0. The summed E-state index contributed by atoms with van der Waals surface area (Å²) < 4.78 is 39.3. The third kappa shape index (κ3) is 6.74. The normalized spacial score (nSPS) is 18.7. The number of benzene rings is 2. The summed E-state index contributed by atoms with van der Waals surface area (Å²) in [5.74, 6) is 1.38. The van der Waals surface area contributed by atoms with Crippen LogP contribution in [-0.4, -0.2) is 60.6 Å². The Bertz CT molecular complexity index is 1060. The van der Waals surface area contributed by atoms with E-state index in [0.717, 1.165) is 56.0 Å². The Balaban J connectivity index is 1.34. The molecule has 188 valence electrons. The van der Waals surface area contributed by atoms with E-state index in [4.69, 9.17) is 18.9 Å². The first kappa shape index (κ1) is 25.0. The van der Waals surface area contributed by atoms with Gasteiger partial charge in [-0.25, -0.2) is 9.37 Å². The molecule has 4 rings (SSSR count). The maximum absolute atomic E-state index is 14.0. The Morgan fingerprint density at radius 2 is 1.89 bits per heavy atom. The highest BCUT2D eigenvalue weighted by molar-refractivity contribution is 5.43. The molecular weight excluding hydrogens is 449 g/mol. The van der Waals surface area contributed by atoms with Gasteiger partial charge in [-0.05, 0) is 55.6 Å². The molecule has 1 aromatic heterocycles. The second-order valence-corrected chi connectivity index (χ2v) is 8.87. The predicted octanol–water partition coefficient (Wildman–Crippen LogP) is 4.56. The number of imidazole rings is 1. The van der Waals surface area contributed by atoms with Gasteiger partial charge in [-0.2, -0.15) is 0 Å². The van der Waals surface area contributed by atoms with Gasteiger partial charge in [0.2, 0.25) is 0 Å². The summed E-state index contributed by atoms with van der Waals surface area (Å²) in [6.07, 6.45) is 8.09. The topological polar surface area (TPSA) is 58.0 Å². The minimum atomic E-state index is -0.432. The van der Waals surface area contributed by atoms with Crippen molar-refractivity contribution in [3.63, 3.8) is 0 Å². The molecule has 0 aliphatic carbocycles. The Kier molecular flexibility index (Phi) is 8.60. The smallest absolute Gasteiger partial charge is 0.165 e. The molecule has 35 heavy (non-hydrogen) atoms. The van der Waals surface area contributed by atoms with Gasteiger partial charge in [0.1, 0.15) is 18.8 Å². The fourth-order valence-electron chi connectivity index (χ4n) is 4.43. The first-order chi connectivity index (χ1) is 17.1. The summed E-state index contributed by atoms with van der Waals surface area (Å²) in [7, 11) is 3.37. The first-order valence-electron chi connectivity index (χ1n) is 12.0. The minimum absolute atomic E-state index is 0.267. The molecule has 0 N–H and O–H groups in total. The van der Waals surface area contributed by atoms with Crippen LogP contribution in [0, 0.1) is 5.82 Å². The van der Waals surface area contributed by atoms with Crippen LogP contribution in [0.1, 0.15) is 24.8 Å². The highest BCUT2D eigenvalue weighted by Gasteiger charge is 2.34. The van der Waals surface area contributed by atoms with E-state index in [1.165, 1.54) is 6.07 Å². The molecule has 0 saturated carbocycles. The van der Waals surface area contributed by atoms with Gasteiger partial charge in [-0.15, -0.1) is 0 Å². The molecule has 0 radical (unpaired) electrons. The molecule has 3 aromatic rings. The average Bonchev–Trinajstić information content (AvgIpc) is 3.31. The molecular formula is C27H34FN3O4. The van der Waals surface area contributed by atoms with Gasteiger partial charge in [0.05, 0.1) is 20.0 Å². The Labute approximate surface area is 206 Å². The van der Waals surface area contributed by atoms with Gasteiger partial charge in [0, 0.05) is 32.6 Å². The number of hydrogen-bond donors (Lipinski definition) is 0. The van der Waals surface area contributed by atoms with Crippen molar-refractivity contribution in [2.45, 2.75) is 38.0 Å². The van der Waals surface area contributed by atoms with Crippen LogP contribution in [-0.2, 0) is 17.8 Å². The molecule has 0 amide bonds. The Morgan fingerprint density at radius 3 is 2.66 bits per heavy atom. The van der Waals surface area contributed by atoms with E-state index in [1.54, 1.807) is 44.9 Å². The Hall–Kier alpha value is -3.10. The lowest BCUT2D eigenvalue weighted by Crippen LogP contribution is -2.39. The van der Waals surface area contributed by atoms with Crippen molar-refractivity contribution in [2.75, 3.05) is 40.5 Å². The van der Waals surface area contributed by atoms with E-state index >= 15 is 0 Å². The lowest BCUT2D eigenvalue weighted by atomic mass is 9.95. The van der Waals surface area contributed by atoms with Crippen molar-refractivity contribution in [1.29, 1.82) is 0 Å². The van der Waals surface area contributed by atoms with Crippen LogP contribution >= 0.6 is 0 Å². The second kappa shape index (κ2) is 12.0. The van der Waals surface area contributed by atoms with Crippen molar-refractivity contribution in [3.05, 3.63) is 72.6 Å².